The van der Waals surface area contributed by atoms with Crippen LogP contribution in [0.2, 0.25) is 10.0 Å². The van der Waals surface area contributed by atoms with Crippen LogP contribution in [0.4, 0.5) is 5.69 Å². The van der Waals surface area contributed by atoms with Crippen LogP contribution < -0.4 is 9.62 Å². The second-order valence-electron chi connectivity index (χ2n) is 8.40. The number of hydrogen-bond donors (Lipinski definition) is 1. The maximum atomic E-state index is 13.8. The van der Waals surface area contributed by atoms with Gasteiger partial charge < -0.3 is 10.2 Å². The lowest BCUT2D eigenvalue weighted by Crippen LogP contribution is -2.51. The maximum Gasteiger partial charge on any atom is 0.264 e. The highest BCUT2D eigenvalue weighted by molar-refractivity contribution is 7.92. The number of amides is 2. The van der Waals surface area contributed by atoms with Crippen LogP contribution in [0, 0.1) is 0 Å². The molecule has 3 aromatic carbocycles. The third kappa shape index (κ3) is 7.25. The van der Waals surface area contributed by atoms with Crippen molar-refractivity contribution in [1.29, 1.82) is 0 Å². The first-order valence-corrected chi connectivity index (χ1v) is 14.0. The van der Waals surface area contributed by atoms with Crippen molar-refractivity contribution in [2.75, 3.05) is 17.4 Å². The minimum absolute atomic E-state index is 0.0322. The third-order valence-electron chi connectivity index (χ3n) is 5.71. The Labute approximate surface area is 228 Å². The summed E-state index contributed by atoms with van der Waals surface area (Å²) in [6, 6.07) is 20.4. The van der Waals surface area contributed by atoms with E-state index in [-0.39, 0.29) is 17.3 Å². The Hall–Kier alpha value is -3.07. The molecule has 37 heavy (non-hydrogen) atoms. The lowest BCUT2D eigenvalue weighted by atomic mass is 10.1. The molecule has 196 valence electrons. The van der Waals surface area contributed by atoms with E-state index in [1.54, 1.807) is 73.7 Å². The summed E-state index contributed by atoms with van der Waals surface area (Å²) in [4.78, 5) is 28.0. The second-order valence-corrected chi connectivity index (χ2v) is 11.1. The third-order valence-corrected chi connectivity index (χ3v) is 8.23. The van der Waals surface area contributed by atoms with E-state index >= 15 is 0 Å². The monoisotopic (exact) mass is 561 g/mol. The minimum atomic E-state index is -4.08. The van der Waals surface area contributed by atoms with Crippen LogP contribution in [0.3, 0.4) is 0 Å². The van der Waals surface area contributed by atoms with Crippen LogP contribution in [0.5, 0.6) is 0 Å². The number of sulfonamides is 1. The Morgan fingerprint density at radius 3 is 2.14 bits per heavy atom. The van der Waals surface area contributed by atoms with E-state index < -0.39 is 28.5 Å². The van der Waals surface area contributed by atoms with Gasteiger partial charge in [-0.05, 0) is 55.3 Å². The molecule has 0 aliphatic heterocycles. The molecular weight excluding hydrogens is 533 g/mol. The molecule has 0 bridgehead atoms. The second kappa shape index (κ2) is 12.9. The van der Waals surface area contributed by atoms with Gasteiger partial charge in [0.15, 0.2) is 0 Å². The van der Waals surface area contributed by atoms with Gasteiger partial charge in [0.1, 0.15) is 12.6 Å². The Bertz CT molecular complexity index is 1320. The van der Waals surface area contributed by atoms with Gasteiger partial charge in [0, 0.05) is 13.1 Å². The van der Waals surface area contributed by atoms with Gasteiger partial charge in [-0.3, -0.25) is 13.9 Å². The summed E-state index contributed by atoms with van der Waals surface area (Å²) in [5.41, 5.74) is 0.979. The zero-order chi connectivity index (χ0) is 27.0. The number of rotatable bonds is 11. The number of halogens is 2. The van der Waals surface area contributed by atoms with Gasteiger partial charge in [-0.1, -0.05) is 72.6 Å². The van der Waals surface area contributed by atoms with Gasteiger partial charge in [-0.15, -0.1) is 0 Å². The Morgan fingerprint density at radius 1 is 0.919 bits per heavy atom. The van der Waals surface area contributed by atoms with Gasteiger partial charge in [-0.2, -0.15) is 0 Å². The van der Waals surface area contributed by atoms with Gasteiger partial charge in [0.2, 0.25) is 11.8 Å². The molecule has 3 aromatic rings. The molecule has 0 aliphatic rings. The number of benzene rings is 3. The molecule has 0 heterocycles. The molecule has 1 N–H and O–H groups in total. The van der Waals surface area contributed by atoms with E-state index in [4.69, 9.17) is 23.2 Å². The van der Waals surface area contributed by atoms with Crippen molar-refractivity contribution in [1.82, 2.24) is 10.2 Å². The molecule has 2 amide bonds. The Balaban J connectivity index is 1.99. The SMILES string of the molecule is CCCNC(=O)[C@@H](C)N(Cc1ccc(Cl)c(Cl)c1)C(=O)CN(c1ccccc1)S(=O)(=O)c1ccccc1. The van der Waals surface area contributed by atoms with Gasteiger partial charge in [-0.25, -0.2) is 8.42 Å². The van der Waals surface area contributed by atoms with Crippen molar-refractivity contribution in [3.05, 3.63) is 94.5 Å². The molecule has 0 fully saturated rings. The molecule has 10 heteroatoms. The van der Waals surface area contributed by atoms with Crippen LogP contribution in [0.1, 0.15) is 25.8 Å². The molecule has 0 spiro atoms. The number of anilines is 1. The highest BCUT2D eigenvalue weighted by Gasteiger charge is 2.32. The minimum Gasteiger partial charge on any atom is -0.354 e. The summed E-state index contributed by atoms with van der Waals surface area (Å²) in [5, 5.41) is 3.48. The van der Waals surface area contributed by atoms with Crippen LogP contribution in [-0.4, -0.2) is 44.3 Å². The first-order chi connectivity index (χ1) is 17.6. The van der Waals surface area contributed by atoms with Gasteiger partial charge in [0.25, 0.3) is 10.0 Å². The number of nitrogens with one attached hydrogen (secondary N) is 1. The first-order valence-electron chi connectivity index (χ1n) is 11.8. The van der Waals surface area contributed by atoms with Crippen molar-refractivity contribution in [2.24, 2.45) is 0 Å². The lowest BCUT2D eigenvalue weighted by Gasteiger charge is -2.32. The smallest absolute Gasteiger partial charge is 0.264 e. The standard InChI is InChI=1S/C27H29Cl2N3O4S/c1-3-16-30-27(34)20(2)31(18-21-14-15-24(28)25(29)17-21)26(33)19-32(22-10-6-4-7-11-22)37(35,36)23-12-8-5-9-13-23/h4-15,17,20H,3,16,18-19H2,1-2H3,(H,30,34)/t20-/m1/s1. The van der Waals surface area contributed by atoms with Gasteiger partial charge >= 0.3 is 0 Å². The fourth-order valence-electron chi connectivity index (χ4n) is 3.66. The summed E-state index contributed by atoms with van der Waals surface area (Å²) in [7, 11) is -4.08. The molecule has 0 aromatic heterocycles. The fourth-order valence-corrected chi connectivity index (χ4v) is 5.41. The molecule has 1 atom stereocenters. The zero-order valence-corrected chi connectivity index (χ0v) is 22.9. The molecule has 7 nitrogen and oxygen atoms in total. The van der Waals surface area contributed by atoms with E-state index in [0.717, 1.165) is 10.7 Å². The number of carbonyl (C=O) groups excluding carboxylic acids is 2. The molecule has 0 radical (unpaired) electrons. The predicted octanol–water partition coefficient (Wildman–Crippen LogP) is 5.13. The number of hydrogen-bond acceptors (Lipinski definition) is 4. The van der Waals surface area contributed by atoms with E-state index in [1.807, 2.05) is 6.92 Å². The summed E-state index contributed by atoms with van der Waals surface area (Å²) in [6.07, 6.45) is 0.732. The molecule has 3 rings (SSSR count). The lowest BCUT2D eigenvalue weighted by molar-refractivity contribution is -0.139. The maximum absolute atomic E-state index is 13.8. The summed E-state index contributed by atoms with van der Waals surface area (Å²) < 4.78 is 28.3. The quantitative estimate of drug-likeness (QED) is 0.351. The number of carbonyl (C=O) groups is 2. The molecule has 0 saturated heterocycles. The van der Waals surface area contributed by atoms with Crippen LogP contribution in [0.25, 0.3) is 0 Å². The first kappa shape index (κ1) is 28.5. The molecule has 0 aliphatic carbocycles. The van der Waals surface area contributed by atoms with Crippen molar-refractivity contribution in [3.8, 4) is 0 Å². The molecule has 0 saturated carbocycles. The van der Waals surface area contributed by atoms with Crippen LogP contribution in [0.15, 0.2) is 83.8 Å². The summed E-state index contributed by atoms with van der Waals surface area (Å²) >= 11 is 12.2. The predicted molar refractivity (Wildman–Crippen MR) is 147 cm³/mol. The van der Waals surface area contributed by atoms with E-state index in [0.29, 0.717) is 27.8 Å². The average Bonchev–Trinajstić information content (AvgIpc) is 2.91. The van der Waals surface area contributed by atoms with E-state index in [2.05, 4.69) is 5.32 Å². The van der Waals surface area contributed by atoms with Crippen molar-refractivity contribution in [2.45, 2.75) is 37.8 Å². The van der Waals surface area contributed by atoms with Crippen molar-refractivity contribution >= 4 is 50.7 Å². The van der Waals surface area contributed by atoms with E-state index in [1.165, 1.54) is 17.0 Å². The number of nitrogens with zero attached hydrogens (tertiary/aromatic N) is 2. The summed E-state index contributed by atoms with van der Waals surface area (Å²) in [6.45, 7) is 3.52. The van der Waals surface area contributed by atoms with E-state index in [9.17, 15) is 18.0 Å². The average molecular weight is 563 g/mol. The van der Waals surface area contributed by atoms with Crippen molar-refractivity contribution < 1.29 is 18.0 Å². The zero-order valence-electron chi connectivity index (χ0n) is 20.6. The largest absolute Gasteiger partial charge is 0.354 e. The van der Waals surface area contributed by atoms with Crippen LogP contribution in [-0.2, 0) is 26.2 Å². The Morgan fingerprint density at radius 2 is 1.54 bits per heavy atom. The Kier molecular flexibility index (Phi) is 9.97. The summed E-state index contributed by atoms with van der Waals surface area (Å²) in [5.74, 6) is -0.888. The molecule has 0 unspecified atom stereocenters. The normalized spacial score (nSPS) is 12.0. The number of para-hydroxylation sites is 1. The fraction of sp³-hybridized carbons (Fsp3) is 0.259. The topological polar surface area (TPSA) is 86.8 Å². The highest BCUT2D eigenvalue weighted by Crippen LogP contribution is 2.26. The highest BCUT2D eigenvalue weighted by atomic mass is 35.5. The molecular formula is C27H29Cl2N3O4S. The van der Waals surface area contributed by atoms with Crippen LogP contribution >= 0.6 is 23.2 Å². The van der Waals surface area contributed by atoms with Crippen molar-refractivity contribution in [3.63, 3.8) is 0 Å². The van der Waals surface area contributed by atoms with Gasteiger partial charge in [0.05, 0.1) is 20.6 Å².